The molecular formula is C31H32ClF2N5O2. The summed E-state index contributed by atoms with van der Waals surface area (Å²) in [6.45, 7) is 7.75. The zero-order valence-corrected chi connectivity index (χ0v) is 23.7. The van der Waals surface area contributed by atoms with Crippen LogP contribution in [0.4, 0.5) is 14.6 Å². The molecule has 0 spiro atoms. The Morgan fingerprint density at radius 3 is 2.80 bits per heavy atom. The van der Waals surface area contributed by atoms with Gasteiger partial charge < -0.3 is 25.4 Å². The van der Waals surface area contributed by atoms with Crippen LogP contribution < -0.4 is 20.3 Å². The summed E-state index contributed by atoms with van der Waals surface area (Å²) >= 11 is 6.51. The molecule has 1 aliphatic carbocycles. The van der Waals surface area contributed by atoms with Crippen molar-refractivity contribution in [1.29, 1.82) is 0 Å². The highest BCUT2D eigenvalue weighted by Gasteiger charge is 2.57. The minimum absolute atomic E-state index is 0.0291. The number of ether oxygens (including phenoxy) is 1. The van der Waals surface area contributed by atoms with Gasteiger partial charge in [-0.2, -0.15) is 9.97 Å². The molecule has 3 aliphatic rings. The maximum absolute atomic E-state index is 16.6. The third kappa shape index (κ3) is 4.54. The molecule has 1 aromatic heterocycles. The van der Waals surface area contributed by atoms with Gasteiger partial charge in [-0.15, -0.1) is 0 Å². The first-order chi connectivity index (χ1) is 19.8. The second kappa shape index (κ2) is 9.93. The molecule has 3 N–H and O–H groups in total. The van der Waals surface area contributed by atoms with Crippen molar-refractivity contribution in [2.75, 3.05) is 37.7 Å². The fraction of sp³-hybridized carbons (Fsp3) is 0.419. The van der Waals surface area contributed by atoms with E-state index in [1.807, 2.05) is 0 Å². The topological polar surface area (TPSA) is 82.5 Å². The fourth-order valence-corrected chi connectivity index (χ4v) is 7.03. The molecule has 2 unspecified atom stereocenters. The molecule has 3 aromatic carbocycles. The van der Waals surface area contributed by atoms with Gasteiger partial charge >= 0.3 is 6.01 Å². The average Bonchev–Trinajstić information content (AvgIpc) is 3.49. The Kier molecular flexibility index (Phi) is 6.44. The highest BCUT2D eigenvalue weighted by Crippen LogP contribution is 2.55. The SMILES string of the molecule is CC[C@@H]1CN(c2nc(OCC34CNCC3C4)nc3c(F)c(-c4cc(O)cc5cccc(Cl)c45)c(F)cc23)C[C@@H](C)N1. The van der Waals surface area contributed by atoms with Gasteiger partial charge in [0.05, 0.1) is 12.2 Å². The summed E-state index contributed by atoms with van der Waals surface area (Å²) in [5.41, 5.74) is -0.107. The van der Waals surface area contributed by atoms with Crippen LogP contribution in [-0.4, -0.2) is 59.9 Å². The second-order valence-corrected chi connectivity index (χ2v) is 12.3. The van der Waals surface area contributed by atoms with Crippen LogP contribution >= 0.6 is 11.6 Å². The Morgan fingerprint density at radius 2 is 2.05 bits per heavy atom. The largest absolute Gasteiger partial charge is 0.508 e. The molecule has 4 aromatic rings. The van der Waals surface area contributed by atoms with Crippen LogP contribution in [-0.2, 0) is 0 Å². The van der Waals surface area contributed by atoms with E-state index >= 15 is 8.78 Å². The zero-order valence-electron chi connectivity index (χ0n) is 23.0. The van der Waals surface area contributed by atoms with Crippen molar-refractivity contribution in [2.24, 2.45) is 11.3 Å². The summed E-state index contributed by atoms with van der Waals surface area (Å²) < 4.78 is 38.8. The summed E-state index contributed by atoms with van der Waals surface area (Å²) in [6.07, 6.45) is 1.99. The van der Waals surface area contributed by atoms with Gasteiger partial charge in [0.15, 0.2) is 5.82 Å². The number of halogens is 3. The number of nitrogens with one attached hydrogen (secondary N) is 2. The van der Waals surface area contributed by atoms with Crippen LogP contribution in [0.2, 0.25) is 5.02 Å². The number of hydrogen-bond acceptors (Lipinski definition) is 7. The highest BCUT2D eigenvalue weighted by molar-refractivity contribution is 6.36. The van der Waals surface area contributed by atoms with Crippen molar-refractivity contribution >= 4 is 39.1 Å². The van der Waals surface area contributed by atoms with E-state index in [1.165, 1.54) is 18.2 Å². The van der Waals surface area contributed by atoms with E-state index in [0.29, 0.717) is 47.2 Å². The van der Waals surface area contributed by atoms with Crippen LogP contribution in [0.15, 0.2) is 36.4 Å². The van der Waals surface area contributed by atoms with Gasteiger partial charge in [-0.1, -0.05) is 30.7 Å². The lowest BCUT2D eigenvalue weighted by atomic mass is 9.95. The van der Waals surface area contributed by atoms with Gasteiger partial charge in [-0.25, -0.2) is 8.78 Å². The Labute approximate surface area is 241 Å². The van der Waals surface area contributed by atoms with Crippen LogP contribution in [0.25, 0.3) is 32.8 Å². The van der Waals surface area contributed by atoms with Crippen molar-refractivity contribution in [1.82, 2.24) is 20.6 Å². The highest BCUT2D eigenvalue weighted by atomic mass is 35.5. The molecule has 2 saturated heterocycles. The first-order valence-corrected chi connectivity index (χ1v) is 14.6. The predicted molar refractivity (Wildman–Crippen MR) is 157 cm³/mol. The molecule has 2 aliphatic heterocycles. The summed E-state index contributed by atoms with van der Waals surface area (Å²) in [4.78, 5) is 11.3. The summed E-state index contributed by atoms with van der Waals surface area (Å²) in [5.74, 6) is -0.727. The van der Waals surface area contributed by atoms with Crippen molar-refractivity contribution in [3.05, 3.63) is 53.1 Å². The summed E-state index contributed by atoms with van der Waals surface area (Å²) in [6, 6.07) is 9.73. The van der Waals surface area contributed by atoms with E-state index in [0.717, 1.165) is 25.9 Å². The number of phenols is 1. The maximum Gasteiger partial charge on any atom is 0.319 e. The van der Waals surface area contributed by atoms with E-state index in [1.54, 1.807) is 18.2 Å². The molecule has 3 fully saturated rings. The van der Waals surface area contributed by atoms with Crippen molar-refractivity contribution in [3.63, 3.8) is 0 Å². The number of benzene rings is 3. The van der Waals surface area contributed by atoms with Gasteiger partial charge in [0.2, 0.25) is 0 Å². The predicted octanol–water partition coefficient (Wildman–Crippen LogP) is 5.65. The molecule has 7 rings (SSSR count). The van der Waals surface area contributed by atoms with E-state index in [-0.39, 0.29) is 51.3 Å². The fourth-order valence-electron chi connectivity index (χ4n) is 6.74. The molecule has 0 amide bonds. The van der Waals surface area contributed by atoms with Gasteiger partial charge in [-0.05, 0) is 61.9 Å². The normalized spacial score (nSPS) is 25.6. The van der Waals surface area contributed by atoms with Crippen molar-refractivity contribution in [3.8, 4) is 22.9 Å². The van der Waals surface area contributed by atoms with E-state index in [2.05, 4.69) is 34.4 Å². The number of aromatic nitrogens is 2. The molecule has 41 heavy (non-hydrogen) atoms. The number of fused-ring (bicyclic) bond motifs is 3. The Bertz CT molecular complexity index is 1690. The van der Waals surface area contributed by atoms with E-state index in [9.17, 15) is 5.11 Å². The van der Waals surface area contributed by atoms with Crippen LogP contribution in [0, 0.1) is 23.0 Å². The zero-order chi connectivity index (χ0) is 28.5. The summed E-state index contributed by atoms with van der Waals surface area (Å²) in [7, 11) is 0. The maximum atomic E-state index is 16.6. The minimum atomic E-state index is -0.847. The third-order valence-electron chi connectivity index (χ3n) is 8.99. The average molecular weight is 580 g/mol. The lowest BCUT2D eigenvalue weighted by molar-refractivity contribution is 0.220. The van der Waals surface area contributed by atoms with Crippen LogP contribution in [0.3, 0.4) is 0 Å². The van der Waals surface area contributed by atoms with Crippen molar-refractivity contribution < 1.29 is 18.6 Å². The molecule has 4 atom stereocenters. The lowest BCUT2D eigenvalue weighted by Gasteiger charge is -2.38. The molecule has 214 valence electrons. The van der Waals surface area contributed by atoms with Gasteiger partial charge in [-0.3, -0.25) is 0 Å². The molecule has 1 saturated carbocycles. The number of piperidine rings is 1. The van der Waals surface area contributed by atoms with Crippen LogP contribution in [0.5, 0.6) is 11.8 Å². The number of phenolic OH excluding ortho intramolecular Hbond substituents is 1. The smallest absolute Gasteiger partial charge is 0.319 e. The first-order valence-electron chi connectivity index (χ1n) is 14.2. The monoisotopic (exact) mass is 579 g/mol. The molecule has 3 heterocycles. The van der Waals surface area contributed by atoms with Crippen molar-refractivity contribution in [2.45, 2.75) is 38.8 Å². The number of aromatic hydroxyl groups is 1. The molecule has 7 nitrogen and oxygen atoms in total. The second-order valence-electron chi connectivity index (χ2n) is 11.9. The van der Waals surface area contributed by atoms with E-state index < -0.39 is 11.6 Å². The summed E-state index contributed by atoms with van der Waals surface area (Å²) in [5, 5.41) is 19.0. The molecule has 0 radical (unpaired) electrons. The number of piperazine rings is 1. The quantitative estimate of drug-likeness (QED) is 0.272. The Hall–Kier alpha value is -3.27. The van der Waals surface area contributed by atoms with Crippen LogP contribution in [0.1, 0.15) is 26.7 Å². The number of rotatable bonds is 6. The Morgan fingerprint density at radius 1 is 1.20 bits per heavy atom. The number of hydrogen-bond donors (Lipinski definition) is 3. The molecule has 0 bridgehead atoms. The third-order valence-corrected chi connectivity index (χ3v) is 9.30. The Balaban J connectivity index is 1.41. The van der Waals surface area contributed by atoms with Gasteiger partial charge in [0, 0.05) is 58.5 Å². The molecular weight excluding hydrogens is 548 g/mol. The van der Waals surface area contributed by atoms with Gasteiger partial charge in [0.1, 0.15) is 22.9 Å². The first kappa shape index (κ1) is 26.6. The number of anilines is 1. The number of nitrogens with zero attached hydrogens (tertiary/aromatic N) is 3. The van der Waals surface area contributed by atoms with Gasteiger partial charge in [0.25, 0.3) is 0 Å². The standard InChI is InChI=1S/C31H32ClF2N5O2/c1-3-19-13-39(12-16(2)36-19)29-22-9-24(33)26(21-8-20(40)7-17-5-4-6-23(32)25(17)21)27(34)28(22)37-30(38-29)41-15-31-10-18(31)11-35-14-31/h4-9,16,18-19,35-36,40H,3,10-15H2,1-2H3/t16-,18?,19-,31?/m1/s1. The minimum Gasteiger partial charge on any atom is -0.508 e. The lowest BCUT2D eigenvalue weighted by Crippen LogP contribution is -2.55. The van der Waals surface area contributed by atoms with E-state index in [4.69, 9.17) is 21.3 Å². The molecule has 10 heteroatoms.